The van der Waals surface area contributed by atoms with Gasteiger partial charge >= 0.3 is 0 Å². The molecule has 122 valence electrons. The molecule has 0 aliphatic carbocycles. The highest BCUT2D eigenvalue weighted by Crippen LogP contribution is 2.13. The summed E-state index contributed by atoms with van der Waals surface area (Å²) in [5.74, 6) is 0.669. The van der Waals surface area contributed by atoms with E-state index >= 15 is 0 Å². The molecular weight excluding hydrogens is 290 g/mol. The van der Waals surface area contributed by atoms with Gasteiger partial charge in [-0.15, -0.1) is 0 Å². The fraction of sp³-hybridized carbons (Fsp3) is 0.333. The number of ether oxygens (including phenoxy) is 1. The molecule has 0 saturated carbocycles. The van der Waals surface area contributed by atoms with E-state index in [9.17, 15) is 4.79 Å². The zero-order valence-corrected chi connectivity index (χ0v) is 14.1. The van der Waals surface area contributed by atoms with Gasteiger partial charge in [0.2, 0.25) is 5.91 Å². The van der Waals surface area contributed by atoms with Gasteiger partial charge in [0.1, 0.15) is 12.4 Å². The zero-order valence-electron chi connectivity index (χ0n) is 14.1. The van der Waals surface area contributed by atoms with Crippen LogP contribution >= 0.6 is 0 Å². The summed E-state index contributed by atoms with van der Waals surface area (Å²) in [5.41, 5.74) is 4.13. The van der Waals surface area contributed by atoms with E-state index in [4.69, 9.17) is 4.74 Å². The number of carbonyl (C=O) groups excluding carboxylic acids is 1. The Morgan fingerprint density at radius 2 is 1.96 bits per heavy atom. The first-order chi connectivity index (χ1) is 11.0. The second-order valence-electron chi connectivity index (χ2n) is 5.49. The van der Waals surface area contributed by atoms with E-state index in [-0.39, 0.29) is 5.91 Å². The van der Waals surface area contributed by atoms with Crippen molar-refractivity contribution in [2.45, 2.75) is 20.8 Å². The molecule has 0 saturated heterocycles. The maximum Gasteiger partial charge on any atom is 0.244 e. The lowest BCUT2D eigenvalue weighted by Crippen LogP contribution is -2.26. The Hall–Kier alpha value is -2.56. The number of aryl methyl sites for hydroxylation is 3. The Labute approximate surface area is 137 Å². The van der Waals surface area contributed by atoms with Crippen LogP contribution in [0.25, 0.3) is 6.08 Å². The molecular formula is C18H23N3O2. The van der Waals surface area contributed by atoms with Crippen LogP contribution < -0.4 is 10.1 Å². The highest BCUT2D eigenvalue weighted by atomic mass is 16.5. The van der Waals surface area contributed by atoms with Crippen LogP contribution in [-0.4, -0.2) is 28.8 Å². The molecule has 1 aromatic heterocycles. The van der Waals surface area contributed by atoms with E-state index in [1.54, 1.807) is 6.08 Å². The summed E-state index contributed by atoms with van der Waals surface area (Å²) in [4.78, 5) is 11.8. The molecule has 0 spiro atoms. The third-order valence-electron chi connectivity index (χ3n) is 3.66. The quantitative estimate of drug-likeness (QED) is 0.659. The number of benzene rings is 1. The normalized spacial score (nSPS) is 11.0. The number of rotatable bonds is 6. The average Bonchev–Trinajstić information content (AvgIpc) is 2.76. The minimum Gasteiger partial charge on any atom is -0.492 e. The molecule has 0 unspecified atom stereocenters. The average molecular weight is 313 g/mol. The summed E-state index contributed by atoms with van der Waals surface area (Å²) >= 11 is 0. The first kappa shape index (κ1) is 16.8. The Bertz CT molecular complexity index is 700. The van der Waals surface area contributed by atoms with Crippen LogP contribution in [0.5, 0.6) is 5.75 Å². The number of carbonyl (C=O) groups is 1. The Kier molecular flexibility index (Phi) is 5.57. The molecule has 0 radical (unpaired) electrons. The topological polar surface area (TPSA) is 56.1 Å². The predicted octanol–water partition coefficient (Wildman–Crippen LogP) is 2.55. The van der Waals surface area contributed by atoms with Crippen molar-refractivity contribution in [3.8, 4) is 5.75 Å². The van der Waals surface area contributed by atoms with Crippen LogP contribution in [0.15, 0.2) is 30.3 Å². The number of hydrogen-bond acceptors (Lipinski definition) is 3. The molecule has 23 heavy (non-hydrogen) atoms. The highest BCUT2D eigenvalue weighted by molar-refractivity contribution is 5.91. The van der Waals surface area contributed by atoms with Gasteiger partial charge in [0.25, 0.3) is 0 Å². The first-order valence-electron chi connectivity index (χ1n) is 7.63. The number of aromatic nitrogens is 2. The third-order valence-corrected chi connectivity index (χ3v) is 3.66. The van der Waals surface area contributed by atoms with Crippen molar-refractivity contribution < 1.29 is 9.53 Å². The minimum absolute atomic E-state index is 0.139. The molecule has 1 heterocycles. The first-order valence-corrected chi connectivity index (χ1v) is 7.63. The summed E-state index contributed by atoms with van der Waals surface area (Å²) < 4.78 is 7.37. The number of hydrogen-bond donors (Lipinski definition) is 1. The van der Waals surface area contributed by atoms with E-state index in [2.05, 4.69) is 10.4 Å². The van der Waals surface area contributed by atoms with Gasteiger partial charge in [-0.25, -0.2) is 0 Å². The Balaban J connectivity index is 1.76. The van der Waals surface area contributed by atoms with Gasteiger partial charge in [0.15, 0.2) is 0 Å². The number of nitrogens with one attached hydrogen (secondary N) is 1. The van der Waals surface area contributed by atoms with Gasteiger partial charge in [-0.3, -0.25) is 9.48 Å². The lowest BCUT2D eigenvalue weighted by atomic mass is 10.2. The van der Waals surface area contributed by atoms with Crippen molar-refractivity contribution in [2.75, 3.05) is 13.2 Å². The maximum absolute atomic E-state index is 11.8. The third kappa shape index (κ3) is 4.71. The van der Waals surface area contributed by atoms with Crippen molar-refractivity contribution >= 4 is 12.0 Å². The van der Waals surface area contributed by atoms with Gasteiger partial charge in [-0.1, -0.05) is 17.7 Å². The van der Waals surface area contributed by atoms with Gasteiger partial charge in [-0.05, 0) is 39.0 Å². The van der Waals surface area contributed by atoms with Gasteiger partial charge in [-0.2, -0.15) is 5.10 Å². The van der Waals surface area contributed by atoms with Crippen molar-refractivity contribution in [1.29, 1.82) is 0 Å². The van der Waals surface area contributed by atoms with Crippen LogP contribution in [0, 0.1) is 20.8 Å². The molecule has 1 N–H and O–H groups in total. The van der Waals surface area contributed by atoms with Crippen LogP contribution in [0.2, 0.25) is 0 Å². The maximum atomic E-state index is 11.8. The molecule has 1 aromatic carbocycles. The molecule has 0 atom stereocenters. The van der Waals surface area contributed by atoms with Crippen LogP contribution in [0.4, 0.5) is 0 Å². The van der Waals surface area contributed by atoms with E-state index in [0.717, 1.165) is 22.7 Å². The summed E-state index contributed by atoms with van der Waals surface area (Å²) in [6, 6.07) is 7.83. The van der Waals surface area contributed by atoms with Crippen molar-refractivity contribution in [3.63, 3.8) is 0 Å². The van der Waals surface area contributed by atoms with Crippen molar-refractivity contribution in [3.05, 3.63) is 52.9 Å². The molecule has 2 aromatic rings. The SMILES string of the molecule is Cc1ccc(OCCNC(=O)/C=C\c2c(C)nn(C)c2C)cc1. The van der Waals surface area contributed by atoms with E-state index in [1.165, 1.54) is 11.6 Å². The van der Waals surface area contributed by atoms with E-state index in [1.807, 2.05) is 56.8 Å². The number of nitrogens with zero attached hydrogens (tertiary/aromatic N) is 2. The van der Waals surface area contributed by atoms with Crippen LogP contribution in [-0.2, 0) is 11.8 Å². The Morgan fingerprint density at radius 1 is 1.26 bits per heavy atom. The molecule has 1 amide bonds. The zero-order chi connectivity index (χ0) is 16.8. The largest absolute Gasteiger partial charge is 0.492 e. The second kappa shape index (κ2) is 7.63. The Morgan fingerprint density at radius 3 is 2.57 bits per heavy atom. The van der Waals surface area contributed by atoms with E-state index < -0.39 is 0 Å². The molecule has 0 fully saturated rings. The summed E-state index contributed by atoms with van der Waals surface area (Å²) in [5, 5.41) is 7.12. The lowest BCUT2D eigenvalue weighted by Gasteiger charge is -2.06. The van der Waals surface area contributed by atoms with Crippen molar-refractivity contribution in [2.24, 2.45) is 7.05 Å². The summed E-state index contributed by atoms with van der Waals surface area (Å²) in [6.07, 6.45) is 3.33. The van der Waals surface area contributed by atoms with Gasteiger partial charge in [0, 0.05) is 24.4 Å². The fourth-order valence-corrected chi connectivity index (χ4v) is 2.23. The van der Waals surface area contributed by atoms with Crippen molar-refractivity contribution in [1.82, 2.24) is 15.1 Å². The molecule has 0 aliphatic rings. The standard InChI is InChI=1S/C18H23N3O2/c1-13-5-7-16(8-6-13)23-12-11-19-18(22)10-9-17-14(2)20-21(4)15(17)3/h5-10H,11-12H2,1-4H3,(H,19,22)/b10-9-. The number of amides is 1. The molecule has 2 rings (SSSR count). The van der Waals surface area contributed by atoms with Gasteiger partial charge in [0.05, 0.1) is 12.2 Å². The summed E-state index contributed by atoms with van der Waals surface area (Å²) in [6.45, 7) is 6.84. The highest BCUT2D eigenvalue weighted by Gasteiger charge is 2.06. The summed E-state index contributed by atoms with van der Waals surface area (Å²) in [7, 11) is 1.89. The smallest absolute Gasteiger partial charge is 0.244 e. The molecule has 5 nitrogen and oxygen atoms in total. The van der Waals surface area contributed by atoms with E-state index in [0.29, 0.717) is 13.2 Å². The predicted molar refractivity (Wildman–Crippen MR) is 91.4 cm³/mol. The molecule has 5 heteroatoms. The van der Waals surface area contributed by atoms with Crippen LogP contribution in [0.3, 0.4) is 0 Å². The monoisotopic (exact) mass is 313 g/mol. The molecule has 0 bridgehead atoms. The molecule has 0 aliphatic heterocycles. The van der Waals surface area contributed by atoms with Crippen LogP contribution in [0.1, 0.15) is 22.5 Å². The van der Waals surface area contributed by atoms with Gasteiger partial charge < -0.3 is 10.1 Å². The lowest BCUT2D eigenvalue weighted by molar-refractivity contribution is -0.116. The minimum atomic E-state index is -0.139. The second-order valence-corrected chi connectivity index (χ2v) is 5.49. The fourth-order valence-electron chi connectivity index (χ4n) is 2.23.